The summed E-state index contributed by atoms with van der Waals surface area (Å²) in [6.45, 7) is 4.10. The maximum atomic E-state index is 11.7. The van der Waals surface area contributed by atoms with Crippen LogP contribution in [0.4, 0.5) is 13.2 Å². The molecule has 0 saturated heterocycles. The SMILES string of the molecule is CCNC(C)CC(=O)NCCC(F)(F)F. The molecule has 0 aromatic carbocycles. The first-order chi connectivity index (χ1) is 6.85. The highest BCUT2D eigenvalue weighted by Gasteiger charge is 2.26. The largest absolute Gasteiger partial charge is 0.390 e. The summed E-state index contributed by atoms with van der Waals surface area (Å²) in [6, 6.07) is -0.0131. The van der Waals surface area contributed by atoms with Crippen molar-refractivity contribution in [3.63, 3.8) is 0 Å². The number of carbonyl (C=O) groups is 1. The number of carbonyl (C=O) groups excluding carboxylic acids is 1. The molecule has 0 saturated carbocycles. The number of hydrogen-bond acceptors (Lipinski definition) is 2. The third-order valence-corrected chi connectivity index (χ3v) is 1.77. The Bertz CT molecular complexity index is 194. The summed E-state index contributed by atoms with van der Waals surface area (Å²) in [5.41, 5.74) is 0. The highest BCUT2D eigenvalue weighted by atomic mass is 19.4. The maximum absolute atomic E-state index is 11.7. The molecule has 90 valence electrons. The van der Waals surface area contributed by atoms with E-state index in [1.54, 1.807) is 0 Å². The Balaban J connectivity index is 3.58. The van der Waals surface area contributed by atoms with E-state index in [1.165, 1.54) is 0 Å². The van der Waals surface area contributed by atoms with Crippen molar-refractivity contribution in [1.82, 2.24) is 10.6 Å². The molecular weight excluding hydrogens is 209 g/mol. The topological polar surface area (TPSA) is 41.1 Å². The Morgan fingerprint density at radius 2 is 2.00 bits per heavy atom. The Morgan fingerprint density at radius 3 is 2.47 bits per heavy atom. The molecule has 15 heavy (non-hydrogen) atoms. The average molecular weight is 226 g/mol. The predicted octanol–water partition coefficient (Wildman–Crippen LogP) is 1.44. The molecule has 1 unspecified atom stereocenters. The van der Waals surface area contributed by atoms with E-state index >= 15 is 0 Å². The lowest BCUT2D eigenvalue weighted by Gasteiger charge is -2.12. The molecule has 1 atom stereocenters. The van der Waals surface area contributed by atoms with Crippen LogP contribution in [-0.4, -0.2) is 31.2 Å². The first-order valence-electron chi connectivity index (χ1n) is 4.92. The van der Waals surface area contributed by atoms with Gasteiger partial charge in [-0.05, 0) is 13.5 Å². The van der Waals surface area contributed by atoms with Crippen LogP contribution in [0, 0.1) is 0 Å². The fraction of sp³-hybridized carbons (Fsp3) is 0.889. The van der Waals surface area contributed by atoms with Crippen LogP contribution >= 0.6 is 0 Å². The number of alkyl halides is 3. The first kappa shape index (κ1) is 14.2. The summed E-state index contributed by atoms with van der Waals surface area (Å²) >= 11 is 0. The molecule has 0 spiro atoms. The van der Waals surface area contributed by atoms with Gasteiger partial charge in [-0.3, -0.25) is 4.79 Å². The standard InChI is InChI=1S/C9H17F3N2O/c1-3-13-7(2)6-8(15)14-5-4-9(10,11)12/h7,13H,3-6H2,1-2H3,(H,14,15). The lowest BCUT2D eigenvalue weighted by molar-refractivity contribution is -0.135. The number of amides is 1. The molecule has 6 heteroatoms. The van der Waals surface area contributed by atoms with Crippen LogP contribution in [0.1, 0.15) is 26.7 Å². The van der Waals surface area contributed by atoms with Gasteiger partial charge < -0.3 is 10.6 Å². The molecule has 0 fully saturated rings. The van der Waals surface area contributed by atoms with E-state index in [4.69, 9.17) is 0 Å². The minimum absolute atomic E-state index is 0.0131. The van der Waals surface area contributed by atoms with Gasteiger partial charge in [-0.15, -0.1) is 0 Å². The molecular formula is C9H17F3N2O. The van der Waals surface area contributed by atoms with E-state index < -0.39 is 12.6 Å². The van der Waals surface area contributed by atoms with Gasteiger partial charge in [0.2, 0.25) is 5.91 Å². The van der Waals surface area contributed by atoms with E-state index in [0.717, 1.165) is 6.54 Å². The van der Waals surface area contributed by atoms with Gasteiger partial charge in [-0.2, -0.15) is 13.2 Å². The van der Waals surface area contributed by atoms with Crippen molar-refractivity contribution in [2.75, 3.05) is 13.1 Å². The van der Waals surface area contributed by atoms with E-state index in [9.17, 15) is 18.0 Å². The van der Waals surface area contributed by atoms with E-state index in [2.05, 4.69) is 10.6 Å². The highest BCUT2D eigenvalue weighted by molar-refractivity contribution is 5.76. The van der Waals surface area contributed by atoms with Crippen LogP contribution in [0.15, 0.2) is 0 Å². The minimum Gasteiger partial charge on any atom is -0.356 e. The van der Waals surface area contributed by atoms with Crippen LogP contribution in [-0.2, 0) is 4.79 Å². The normalized spacial score (nSPS) is 13.7. The Kier molecular flexibility index (Phi) is 6.31. The molecule has 0 aromatic rings. The summed E-state index contributed by atoms with van der Waals surface area (Å²) in [7, 11) is 0. The van der Waals surface area contributed by atoms with E-state index in [-0.39, 0.29) is 24.9 Å². The van der Waals surface area contributed by atoms with Crippen molar-refractivity contribution >= 4 is 5.91 Å². The third kappa shape index (κ3) is 9.52. The predicted molar refractivity (Wildman–Crippen MR) is 51.4 cm³/mol. The smallest absolute Gasteiger partial charge is 0.356 e. The zero-order valence-electron chi connectivity index (χ0n) is 8.95. The Morgan fingerprint density at radius 1 is 1.40 bits per heavy atom. The second-order valence-corrected chi connectivity index (χ2v) is 3.38. The molecule has 0 aliphatic carbocycles. The summed E-state index contributed by atoms with van der Waals surface area (Å²) in [4.78, 5) is 11.1. The third-order valence-electron chi connectivity index (χ3n) is 1.77. The van der Waals surface area contributed by atoms with E-state index in [0.29, 0.717) is 0 Å². The second-order valence-electron chi connectivity index (χ2n) is 3.38. The van der Waals surface area contributed by atoms with Gasteiger partial charge in [0.05, 0.1) is 6.42 Å². The van der Waals surface area contributed by atoms with Crippen LogP contribution in [0.3, 0.4) is 0 Å². The number of halogens is 3. The quantitative estimate of drug-likeness (QED) is 0.719. The molecule has 3 nitrogen and oxygen atoms in total. The Hall–Kier alpha value is -0.780. The van der Waals surface area contributed by atoms with Crippen molar-refractivity contribution < 1.29 is 18.0 Å². The number of nitrogens with one attached hydrogen (secondary N) is 2. The molecule has 0 aliphatic heterocycles. The maximum Gasteiger partial charge on any atom is 0.390 e. The molecule has 0 aliphatic rings. The van der Waals surface area contributed by atoms with Gasteiger partial charge in [0, 0.05) is 19.0 Å². The first-order valence-corrected chi connectivity index (χ1v) is 4.92. The molecule has 0 radical (unpaired) electrons. The monoisotopic (exact) mass is 226 g/mol. The van der Waals surface area contributed by atoms with Crippen molar-refractivity contribution in [2.45, 2.75) is 38.9 Å². The summed E-state index contributed by atoms with van der Waals surface area (Å²) < 4.78 is 35.2. The molecule has 0 rings (SSSR count). The van der Waals surface area contributed by atoms with Crippen molar-refractivity contribution in [1.29, 1.82) is 0 Å². The molecule has 0 aromatic heterocycles. The Labute approximate surface area is 87.4 Å². The molecule has 0 bridgehead atoms. The van der Waals surface area contributed by atoms with Gasteiger partial charge in [-0.25, -0.2) is 0 Å². The van der Waals surface area contributed by atoms with E-state index in [1.807, 2.05) is 13.8 Å². The second kappa shape index (κ2) is 6.66. The van der Waals surface area contributed by atoms with Crippen LogP contribution in [0.25, 0.3) is 0 Å². The summed E-state index contributed by atoms with van der Waals surface area (Å²) in [5, 5.41) is 5.23. The summed E-state index contributed by atoms with van der Waals surface area (Å²) in [6.07, 6.45) is -4.99. The fourth-order valence-electron chi connectivity index (χ4n) is 1.11. The molecule has 2 N–H and O–H groups in total. The van der Waals surface area contributed by atoms with Crippen molar-refractivity contribution in [3.8, 4) is 0 Å². The zero-order valence-corrected chi connectivity index (χ0v) is 8.95. The van der Waals surface area contributed by atoms with Gasteiger partial charge in [-0.1, -0.05) is 6.92 Å². The minimum atomic E-state index is -4.21. The zero-order chi connectivity index (χ0) is 11.9. The lowest BCUT2D eigenvalue weighted by atomic mass is 10.2. The summed E-state index contributed by atoms with van der Waals surface area (Å²) in [5.74, 6) is -0.354. The number of hydrogen-bond donors (Lipinski definition) is 2. The fourth-order valence-corrected chi connectivity index (χ4v) is 1.11. The van der Waals surface area contributed by atoms with Gasteiger partial charge in [0.25, 0.3) is 0 Å². The van der Waals surface area contributed by atoms with Crippen molar-refractivity contribution in [3.05, 3.63) is 0 Å². The highest BCUT2D eigenvalue weighted by Crippen LogP contribution is 2.18. The van der Waals surface area contributed by atoms with Crippen molar-refractivity contribution in [2.24, 2.45) is 0 Å². The number of rotatable bonds is 6. The lowest BCUT2D eigenvalue weighted by Crippen LogP contribution is -2.35. The van der Waals surface area contributed by atoms with Crippen LogP contribution in [0.2, 0.25) is 0 Å². The van der Waals surface area contributed by atoms with Crippen LogP contribution in [0.5, 0.6) is 0 Å². The molecule has 0 heterocycles. The van der Waals surface area contributed by atoms with Gasteiger partial charge in [0.15, 0.2) is 0 Å². The molecule has 1 amide bonds. The van der Waals surface area contributed by atoms with Gasteiger partial charge >= 0.3 is 6.18 Å². The van der Waals surface area contributed by atoms with Gasteiger partial charge in [0.1, 0.15) is 0 Å². The van der Waals surface area contributed by atoms with Crippen LogP contribution < -0.4 is 10.6 Å². The average Bonchev–Trinajstić information content (AvgIpc) is 2.01.